The number of benzene rings is 1. The van der Waals surface area contributed by atoms with Gasteiger partial charge in [0.2, 0.25) is 0 Å². The molecule has 1 aromatic carbocycles. The summed E-state index contributed by atoms with van der Waals surface area (Å²) in [4.78, 5) is 9.42. The normalized spacial score (nSPS) is 21.1. The van der Waals surface area contributed by atoms with Crippen LogP contribution in [0.15, 0.2) is 48.9 Å². The summed E-state index contributed by atoms with van der Waals surface area (Å²) in [5, 5.41) is 22.9. The van der Waals surface area contributed by atoms with Crippen molar-refractivity contribution in [2.45, 2.75) is 65.0 Å². The van der Waals surface area contributed by atoms with Gasteiger partial charge < -0.3 is 5.11 Å². The molecule has 7 nitrogen and oxygen atoms in total. The van der Waals surface area contributed by atoms with Gasteiger partial charge in [-0.25, -0.2) is 18.7 Å². The first-order valence-corrected chi connectivity index (χ1v) is 12.4. The molecule has 0 saturated heterocycles. The molecular formula is C28H30F2N6O. The summed E-state index contributed by atoms with van der Waals surface area (Å²) in [6.45, 7) is 10.6. The second-order valence-corrected chi connectivity index (χ2v) is 10.5. The predicted octanol–water partition coefficient (Wildman–Crippen LogP) is 5.30. The monoisotopic (exact) mass is 504 g/mol. The third-order valence-electron chi connectivity index (χ3n) is 7.97. The third kappa shape index (κ3) is 3.92. The minimum absolute atomic E-state index is 0.0591. The van der Waals surface area contributed by atoms with Gasteiger partial charge in [0.05, 0.1) is 52.5 Å². The Morgan fingerprint density at radius 3 is 2.51 bits per heavy atom. The zero-order chi connectivity index (χ0) is 26.5. The van der Waals surface area contributed by atoms with Gasteiger partial charge in [-0.2, -0.15) is 10.2 Å². The Balaban J connectivity index is 1.63. The van der Waals surface area contributed by atoms with Crippen molar-refractivity contribution in [1.82, 2.24) is 29.9 Å². The van der Waals surface area contributed by atoms with E-state index in [2.05, 4.69) is 48.0 Å². The molecule has 9 heteroatoms. The minimum atomic E-state index is -0.668. The highest BCUT2D eigenvalue weighted by Crippen LogP contribution is 2.61. The van der Waals surface area contributed by atoms with Gasteiger partial charge in [0.1, 0.15) is 11.6 Å². The molecule has 1 N–H and O–H groups in total. The predicted molar refractivity (Wildman–Crippen MR) is 136 cm³/mol. The topological polar surface area (TPSA) is 89.6 Å². The Kier molecular flexibility index (Phi) is 6.14. The molecule has 1 aliphatic rings. The lowest BCUT2D eigenvalue weighted by Crippen LogP contribution is -2.40. The van der Waals surface area contributed by atoms with Crippen molar-refractivity contribution in [1.29, 1.82) is 0 Å². The Morgan fingerprint density at radius 2 is 1.84 bits per heavy atom. The summed E-state index contributed by atoms with van der Waals surface area (Å²) in [5.74, 6) is -0.757. The van der Waals surface area contributed by atoms with E-state index >= 15 is 0 Å². The van der Waals surface area contributed by atoms with Crippen molar-refractivity contribution < 1.29 is 13.9 Å². The van der Waals surface area contributed by atoms with Crippen molar-refractivity contribution >= 4 is 0 Å². The first-order valence-electron chi connectivity index (χ1n) is 12.4. The van der Waals surface area contributed by atoms with Gasteiger partial charge in [-0.15, -0.1) is 5.10 Å². The van der Waals surface area contributed by atoms with E-state index in [1.807, 2.05) is 12.3 Å². The fourth-order valence-electron chi connectivity index (χ4n) is 5.77. The summed E-state index contributed by atoms with van der Waals surface area (Å²) in [7, 11) is 0. The molecule has 5 rings (SSSR count). The average molecular weight is 505 g/mol. The SMILES string of the molecule is CC[C@H]1c2cc(-c3c(F)cccc3F)nnc2[C@](C)(c2ccnc(-c3cnn(C[C@@H](C)O)c3)n2)C1(C)C. The Labute approximate surface area is 214 Å². The highest BCUT2D eigenvalue weighted by Gasteiger charge is 2.57. The van der Waals surface area contributed by atoms with Crippen LogP contribution < -0.4 is 0 Å². The van der Waals surface area contributed by atoms with Crippen molar-refractivity contribution in [2.75, 3.05) is 0 Å². The van der Waals surface area contributed by atoms with E-state index in [0.717, 1.165) is 28.9 Å². The molecule has 3 atom stereocenters. The molecule has 3 heterocycles. The van der Waals surface area contributed by atoms with Crippen LogP contribution in [0.2, 0.25) is 0 Å². The molecule has 0 saturated carbocycles. The van der Waals surface area contributed by atoms with E-state index in [9.17, 15) is 13.9 Å². The standard InChI is InChI=1S/C28H30F2N6O/c1-6-19-18-12-22(24-20(29)8-7-9-21(24)30)34-35-25(18)28(5,27(19,3)4)23-10-11-31-26(33-23)17-13-32-36(15-17)14-16(2)37/h7-13,15-16,19,37H,6,14H2,1-5H3/t16-,19+,28+/m1/s1. The average Bonchev–Trinajstić information content (AvgIpc) is 3.37. The van der Waals surface area contributed by atoms with Gasteiger partial charge >= 0.3 is 0 Å². The Morgan fingerprint density at radius 1 is 1.11 bits per heavy atom. The molecular weight excluding hydrogens is 474 g/mol. The molecule has 0 aliphatic heterocycles. The molecule has 37 heavy (non-hydrogen) atoms. The van der Waals surface area contributed by atoms with E-state index in [4.69, 9.17) is 4.98 Å². The molecule has 3 aromatic heterocycles. The van der Waals surface area contributed by atoms with Crippen LogP contribution in [0, 0.1) is 17.0 Å². The van der Waals surface area contributed by atoms with E-state index in [0.29, 0.717) is 12.4 Å². The zero-order valence-electron chi connectivity index (χ0n) is 21.6. The zero-order valence-corrected chi connectivity index (χ0v) is 21.6. The highest BCUT2D eigenvalue weighted by atomic mass is 19.1. The summed E-state index contributed by atoms with van der Waals surface area (Å²) >= 11 is 0. The third-order valence-corrected chi connectivity index (χ3v) is 7.97. The second-order valence-electron chi connectivity index (χ2n) is 10.5. The maximum Gasteiger partial charge on any atom is 0.162 e. The lowest BCUT2D eigenvalue weighted by molar-refractivity contribution is 0.168. The lowest BCUT2D eigenvalue weighted by Gasteiger charge is -2.41. The largest absolute Gasteiger partial charge is 0.391 e. The molecule has 192 valence electrons. The fraction of sp³-hybridized carbons (Fsp3) is 0.393. The van der Waals surface area contributed by atoms with Crippen LogP contribution in [-0.4, -0.2) is 41.2 Å². The number of hydrogen-bond acceptors (Lipinski definition) is 6. The van der Waals surface area contributed by atoms with Crippen LogP contribution in [0.1, 0.15) is 63.9 Å². The van der Waals surface area contributed by atoms with Gasteiger partial charge in [0.15, 0.2) is 5.82 Å². The van der Waals surface area contributed by atoms with E-state index in [1.54, 1.807) is 30.1 Å². The number of halogens is 2. The first kappa shape index (κ1) is 25.1. The molecule has 0 bridgehead atoms. The number of nitrogens with zero attached hydrogens (tertiary/aromatic N) is 6. The van der Waals surface area contributed by atoms with Crippen molar-refractivity contribution in [3.05, 3.63) is 77.5 Å². The number of hydrogen-bond donors (Lipinski definition) is 1. The number of fused-ring (bicyclic) bond motifs is 1. The van der Waals surface area contributed by atoms with Crippen LogP contribution in [0.25, 0.3) is 22.6 Å². The van der Waals surface area contributed by atoms with Crippen LogP contribution in [-0.2, 0) is 12.0 Å². The smallest absolute Gasteiger partial charge is 0.162 e. The lowest BCUT2D eigenvalue weighted by atomic mass is 9.62. The fourth-order valence-corrected chi connectivity index (χ4v) is 5.77. The summed E-state index contributed by atoms with van der Waals surface area (Å²) < 4.78 is 30.8. The number of aliphatic hydroxyl groups is 1. The quantitative estimate of drug-likeness (QED) is 0.384. The van der Waals surface area contributed by atoms with Gasteiger partial charge in [0.25, 0.3) is 0 Å². The minimum Gasteiger partial charge on any atom is -0.391 e. The van der Waals surface area contributed by atoms with Gasteiger partial charge in [-0.05, 0) is 61.4 Å². The van der Waals surface area contributed by atoms with E-state index < -0.39 is 23.2 Å². The molecule has 0 amide bonds. The van der Waals surface area contributed by atoms with Gasteiger partial charge in [-0.1, -0.05) is 26.8 Å². The van der Waals surface area contributed by atoms with Crippen LogP contribution in [0.4, 0.5) is 8.78 Å². The summed E-state index contributed by atoms with van der Waals surface area (Å²) in [5.41, 5.74) is 2.22. The summed E-state index contributed by atoms with van der Waals surface area (Å²) in [6.07, 6.45) is 5.50. The molecule has 0 unspecified atom stereocenters. The van der Waals surface area contributed by atoms with Crippen LogP contribution in [0.5, 0.6) is 0 Å². The molecule has 0 spiro atoms. The van der Waals surface area contributed by atoms with E-state index in [-0.39, 0.29) is 22.6 Å². The molecule has 4 aromatic rings. The van der Waals surface area contributed by atoms with Crippen LogP contribution in [0.3, 0.4) is 0 Å². The number of aliphatic hydroxyl groups excluding tert-OH is 1. The first-order chi connectivity index (χ1) is 17.6. The van der Waals surface area contributed by atoms with E-state index in [1.165, 1.54) is 18.2 Å². The van der Waals surface area contributed by atoms with Gasteiger partial charge in [0, 0.05) is 12.4 Å². The maximum absolute atomic E-state index is 14.6. The number of aromatic nitrogens is 6. The molecule has 1 aliphatic carbocycles. The Bertz CT molecular complexity index is 1450. The van der Waals surface area contributed by atoms with Gasteiger partial charge in [-0.3, -0.25) is 4.68 Å². The maximum atomic E-state index is 14.6. The van der Waals surface area contributed by atoms with Crippen molar-refractivity contribution in [3.63, 3.8) is 0 Å². The second kappa shape index (κ2) is 9.06. The van der Waals surface area contributed by atoms with Crippen LogP contribution >= 0.6 is 0 Å². The van der Waals surface area contributed by atoms with Crippen molar-refractivity contribution in [3.8, 4) is 22.6 Å². The van der Waals surface area contributed by atoms with Crippen molar-refractivity contribution in [2.24, 2.45) is 5.41 Å². The Hall–Kier alpha value is -3.59. The molecule has 0 radical (unpaired) electrons. The summed E-state index contributed by atoms with van der Waals surface area (Å²) in [6, 6.07) is 7.46. The molecule has 0 fully saturated rings. The number of rotatable bonds is 6. The highest BCUT2D eigenvalue weighted by molar-refractivity contribution is 5.63.